The third kappa shape index (κ3) is 3.67. The summed E-state index contributed by atoms with van der Waals surface area (Å²) in [6.45, 7) is 7.73. The third-order valence-corrected chi connectivity index (χ3v) is 12.4. The SMILES string of the molecule is C[C@]12CC[C@H](O)CC1=CC=C1[C@@H]2CC[C@@]2(C)[C@H]1CC[C@@]2(O)CN1CCC2(CC1)C(=O)NCN2c1ccccc1. The quantitative estimate of drug-likeness (QED) is 0.540. The van der Waals surface area contributed by atoms with Gasteiger partial charge in [-0.05, 0) is 87.2 Å². The lowest BCUT2D eigenvalue weighted by Gasteiger charge is -2.56. The number of rotatable bonds is 3. The van der Waals surface area contributed by atoms with Crippen molar-refractivity contribution in [3.05, 3.63) is 53.6 Å². The Morgan fingerprint density at radius 1 is 0.949 bits per heavy atom. The second kappa shape index (κ2) is 8.92. The number of benzene rings is 1. The highest BCUT2D eigenvalue weighted by molar-refractivity contribution is 5.93. The van der Waals surface area contributed by atoms with E-state index >= 15 is 0 Å². The Morgan fingerprint density at radius 2 is 1.69 bits per heavy atom. The molecule has 2 heterocycles. The van der Waals surface area contributed by atoms with Crippen LogP contribution >= 0.6 is 0 Å². The number of carbonyl (C=O) groups is 1. The first-order valence-corrected chi connectivity index (χ1v) is 15.3. The summed E-state index contributed by atoms with van der Waals surface area (Å²) in [7, 11) is 0. The van der Waals surface area contributed by atoms with E-state index in [4.69, 9.17) is 0 Å². The molecule has 210 valence electrons. The second-order valence-electron chi connectivity index (χ2n) is 14.0. The van der Waals surface area contributed by atoms with Gasteiger partial charge in [-0.1, -0.05) is 55.3 Å². The van der Waals surface area contributed by atoms with Crippen molar-refractivity contribution >= 4 is 11.6 Å². The predicted molar refractivity (Wildman–Crippen MR) is 153 cm³/mol. The number of allylic oxidation sites excluding steroid dienone is 3. The lowest BCUT2D eigenvalue weighted by Crippen LogP contribution is -2.60. The van der Waals surface area contributed by atoms with Gasteiger partial charge in [0.05, 0.1) is 18.4 Å². The van der Waals surface area contributed by atoms with E-state index in [1.165, 1.54) is 5.57 Å². The summed E-state index contributed by atoms with van der Waals surface area (Å²) in [5.74, 6) is 1.12. The summed E-state index contributed by atoms with van der Waals surface area (Å²) in [5, 5.41) is 25.8. The van der Waals surface area contributed by atoms with Gasteiger partial charge >= 0.3 is 0 Å². The number of likely N-dealkylation sites (tertiary alicyclic amines) is 1. The van der Waals surface area contributed by atoms with Crippen LogP contribution in [-0.4, -0.2) is 64.6 Å². The van der Waals surface area contributed by atoms with Crippen LogP contribution in [0.15, 0.2) is 53.6 Å². The van der Waals surface area contributed by atoms with Gasteiger partial charge in [0.15, 0.2) is 0 Å². The normalized spacial score (nSPS) is 41.4. The fraction of sp³-hybridized carbons (Fsp3) is 0.667. The maximum atomic E-state index is 13.1. The minimum Gasteiger partial charge on any atom is -0.393 e. The molecule has 1 aromatic rings. The highest BCUT2D eigenvalue weighted by Gasteiger charge is 2.62. The van der Waals surface area contributed by atoms with Crippen molar-refractivity contribution in [2.24, 2.45) is 22.7 Å². The molecule has 2 saturated heterocycles. The minimum atomic E-state index is -0.710. The molecular formula is C33H45N3O3. The van der Waals surface area contributed by atoms with E-state index in [2.05, 4.69) is 53.2 Å². The molecule has 1 amide bonds. The lowest BCUT2D eigenvalue weighted by atomic mass is 9.50. The summed E-state index contributed by atoms with van der Waals surface area (Å²) in [6.07, 6.45) is 13.0. The number of para-hydroxylation sites is 1. The Morgan fingerprint density at radius 3 is 2.46 bits per heavy atom. The molecule has 39 heavy (non-hydrogen) atoms. The smallest absolute Gasteiger partial charge is 0.247 e. The van der Waals surface area contributed by atoms with Gasteiger partial charge in [0, 0.05) is 30.7 Å². The zero-order valence-corrected chi connectivity index (χ0v) is 23.7. The van der Waals surface area contributed by atoms with E-state index in [0.717, 1.165) is 76.6 Å². The summed E-state index contributed by atoms with van der Waals surface area (Å²) in [5.41, 5.74) is 2.96. The van der Waals surface area contributed by atoms with E-state index in [1.807, 2.05) is 18.2 Å². The van der Waals surface area contributed by atoms with Gasteiger partial charge in [-0.15, -0.1) is 0 Å². The Kier molecular flexibility index (Phi) is 5.90. The van der Waals surface area contributed by atoms with Crippen LogP contribution in [0.4, 0.5) is 5.69 Å². The first-order chi connectivity index (χ1) is 18.7. The molecule has 1 aromatic carbocycles. The van der Waals surface area contributed by atoms with Gasteiger partial charge in [0.2, 0.25) is 5.91 Å². The topological polar surface area (TPSA) is 76.0 Å². The summed E-state index contributed by atoms with van der Waals surface area (Å²) in [4.78, 5) is 17.8. The molecule has 6 heteroatoms. The monoisotopic (exact) mass is 531 g/mol. The van der Waals surface area contributed by atoms with Crippen molar-refractivity contribution in [2.75, 3.05) is 31.2 Å². The number of aliphatic hydroxyl groups is 2. The van der Waals surface area contributed by atoms with Gasteiger partial charge in [-0.2, -0.15) is 0 Å². The second-order valence-corrected chi connectivity index (χ2v) is 14.0. The molecule has 6 nitrogen and oxygen atoms in total. The zero-order valence-electron chi connectivity index (χ0n) is 23.7. The molecule has 6 aliphatic rings. The Bertz CT molecular complexity index is 1200. The highest BCUT2D eigenvalue weighted by atomic mass is 16.3. The molecule has 0 unspecified atom stereocenters. The average molecular weight is 532 g/mol. The van der Waals surface area contributed by atoms with Crippen LogP contribution in [0.3, 0.4) is 0 Å². The van der Waals surface area contributed by atoms with Crippen molar-refractivity contribution in [3.63, 3.8) is 0 Å². The molecule has 0 radical (unpaired) electrons. The zero-order chi connectivity index (χ0) is 27.0. The standard InChI is InChI=1S/C33H45N3O3/c1-30-13-10-25(37)20-23(30)8-9-26-27(30)11-14-31(2)28(26)12-15-33(31,39)21-35-18-16-32(17-19-35)29(38)34-22-36(32)24-6-4-3-5-7-24/h3-9,25,27-28,37,39H,10-22H2,1-2H3,(H,34,38)/t25-,27-,28-,30-,31-,33+/m0/s1. The number of nitrogens with one attached hydrogen (secondary N) is 1. The van der Waals surface area contributed by atoms with Crippen molar-refractivity contribution in [3.8, 4) is 0 Å². The molecule has 4 aliphatic carbocycles. The van der Waals surface area contributed by atoms with Gasteiger partial charge in [-0.3, -0.25) is 4.79 Å². The Hall–Kier alpha value is -2.15. The number of aliphatic hydroxyl groups excluding tert-OH is 1. The molecular weight excluding hydrogens is 486 g/mol. The number of carbonyl (C=O) groups excluding carboxylic acids is 1. The fourth-order valence-corrected chi connectivity index (χ4v) is 9.84. The maximum absolute atomic E-state index is 13.1. The molecule has 0 aromatic heterocycles. The first-order valence-electron chi connectivity index (χ1n) is 15.3. The number of fused-ring (bicyclic) bond motifs is 5. The number of anilines is 1. The van der Waals surface area contributed by atoms with Crippen LogP contribution in [0.2, 0.25) is 0 Å². The highest BCUT2D eigenvalue weighted by Crippen LogP contribution is 2.66. The number of hydrogen-bond donors (Lipinski definition) is 3. The molecule has 6 atom stereocenters. The number of amides is 1. The average Bonchev–Trinajstić information content (AvgIpc) is 3.39. The number of hydrogen-bond acceptors (Lipinski definition) is 5. The summed E-state index contributed by atoms with van der Waals surface area (Å²) >= 11 is 0. The number of β-amino-alcohol motifs (C(OH)–C–C–N with tert-alkyl or cyclic N) is 1. The molecule has 1 spiro atoms. The molecule has 2 aliphatic heterocycles. The van der Waals surface area contributed by atoms with Crippen LogP contribution in [0, 0.1) is 22.7 Å². The summed E-state index contributed by atoms with van der Waals surface area (Å²) < 4.78 is 0. The predicted octanol–water partition coefficient (Wildman–Crippen LogP) is 4.39. The van der Waals surface area contributed by atoms with Gasteiger partial charge < -0.3 is 25.3 Å². The third-order valence-electron chi connectivity index (χ3n) is 12.4. The Labute approximate surface area is 233 Å². The van der Waals surface area contributed by atoms with Gasteiger partial charge in [-0.25, -0.2) is 0 Å². The molecule has 5 fully saturated rings. The van der Waals surface area contributed by atoms with Gasteiger partial charge in [0.25, 0.3) is 0 Å². The number of piperidine rings is 1. The van der Waals surface area contributed by atoms with Crippen LogP contribution < -0.4 is 10.2 Å². The van der Waals surface area contributed by atoms with E-state index < -0.39 is 11.1 Å². The lowest BCUT2D eigenvalue weighted by molar-refractivity contribution is -0.126. The van der Waals surface area contributed by atoms with Crippen LogP contribution in [-0.2, 0) is 4.79 Å². The fourth-order valence-electron chi connectivity index (χ4n) is 9.84. The van der Waals surface area contributed by atoms with E-state index in [0.29, 0.717) is 25.0 Å². The van der Waals surface area contributed by atoms with Crippen molar-refractivity contribution in [1.82, 2.24) is 10.2 Å². The maximum Gasteiger partial charge on any atom is 0.247 e. The van der Waals surface area contributed by atoms with Crippen molar-refractivity contribution in [1.29, 1.82) is 0 Å². The largest absolute Gasteiger partial charge is 0.393 e. The van der Waals surface area contributed by atoms with E-state index in [-0.39, 0.29) is 22.8 Å². The van der Waals surface area contributed by atoms with Crippen LogP contribution in [0.1, 0.15) is 71.6 Å². The molecule has 3 N–H and O–H groups in total. The summed E-state index contributed by atoms with van der Waals surface area (Å²) in [6, 6.07) is 10.3. The Balaban J connectivity index is 1.08. The van der Waals surface area contributed by atoms with Crippen molar-refractivity contribution in [2.45, 2.75) is 88.9 Å². The number of nitrogens with zero attached hydrogens (tertiary/aromatic N) is 2. The molecule has 3 saturated carbocycles. The molecule has 0 bridgehead atoms. The van der Waals surface area contributed by atoms with E-state index in [9.17, 15) is 15.0 Å². The van der Waals surface area contributed by atoms with Crippen molar-refractivity contribution < 1.29 is 15.0 Å². The molecule has 7 rings (SSSR count). The minimum absolute atomic E-state index is 0.124. The van der Waals surface area contributed by atoms with Crippen LogP contribution in [0.5, 0.6) is 0 Å². The van der Waals surface area contributed by atoms with Crippen LogP contribution in [0.25, 0.3) is 0 Å². The first kappa shape index (κ1) is 25.8. The van der Waals surface area contributed by atoms with Gasteiger partial charge in [0.1, 0.15) is 5.54 Å². The van der Waals surface area contributed by atoms with E-state index in [1.54, 1.807) is 5.57 Å².